The largest absolute Gasteiger partial charge is 0.350 e. The molecule has 0 radical (unpaired) electrons. The van der Waals surface area contributed by atoms with Crippen molar-refractivity contribution in [1.29, 1.82) is 5.26 Å². The standard InChI is InChI=1S/C11H19N3O2/c1-7(6-12)9(15)13-8(2)10(16)14-11(3,4)5/h7-8H,1-5H3,(H,13,15)(H,14,16). The van der Waals surface area contributed by atoms with Crippen LogP contribution in [0, 0.1) is 17.2 Å². The Labute approximate surface area is 96.2 Å². The van der Waals surface area contributed by atoms with Crippen molar-refractivity contribution in [3.8, 4) is 6.07 Å². The topological polar surface area (TPSA) is 82.0 Å². The highest BCUT2D eigenvalue weighted by Gasteiger charge is 2.22. The second kappa shape index (κ2) is 5.50. The van der Waals surface area contributed by atoms with E-state index in [-0.39, 0.29) is 11.4 Å². The van der Waals surface area contributed by atoms with E-state index in [2.05, 4.69) is 10.6 Å². The lowest BCUT2D eigenvalue weighted by atomic mass is 10.1. The number of amides is 2. The summed E-state index contributed by atoms with van der Waals surface area (Å²) in [4.78, 5) is 22.9. The average Bonchev–Trinajstić information content (AvgIpc) is 2.13. The lowest BCUT2D eigenvalue weighted by Gasteiger charge is -2.23. The predicted molar refractivity (Wildman–Crippen MR) is 60.3 cm³/mol. The van der Waals surface area contributed by atoms with Crippen LogP contribution in [0.4, 0.5) is 0 Å². The molecule has 0 aliphatic carbocycles. The first-order valence-corrected chi connectivity index (χ1v) is 5.19. The molecule has 0 spiro atoms. The Morgan fingerprint density at radius 1 is 1.19 bits per heavy atom. The molecule has 0 rings (SSSR count). The lowest BCUT2D eigenvalue weighted by molar-refractivity contribution is -0.130. The summed E-state index contributed by atoms with van der Waals surface area (Å²) in [6, 6.07) is 1.18. The lowest BCUT2D eigenvalue weighted by Crippen LogP contribution is -2.51. The van der Waals surface area contributed by atoms with Crippen LogP contribution in [0.1, 0.15) is 34.6 Å². The summed E-state index contributed by atoms with van der Waals surface area (Å²) >= 11 is 0. The fourth-order valence-electron chi connectivity index (χ4n) is 0.940. The number of nitrogens with one attached hydrogen (secondary N) is 2. The van der Waals surface area contributed by atoms with E-state index in [1.165, 1.54) is 6.92 Å². The van der Waals surface area contributed by atoms with Gasteiger partial charge in [0.25, 0.3) is 0 Å². The zero-order chi connectivity index (χ0) is 12.9. The number of carbonyl (C=O) groups excluding carboxylic acids is 2. The Hall–Kier alpha value is -1.57. The molecule has 2 atom stereocenters. The van der Waals surface area contributed by atoms with Crippen molar-refractivity contribution >= 4 is 11.8 Å². The first-order chi connectivity index (χ1) is 7.17. The van der Waals surface area contributed by atoms with E-state index < -0.39 is 17.9 Å². The fourth-order valence-corrected chi connectivity index (χ4v) is 0.940. The van der Waals surface area contributed by atoms with Crippen molar-refractivity contribution in [3.63, 3.8) is 0 Å². The zero-order valence-corrected chi connectivity index (χ0v) is 10.4. The van der Waals surface area contributed by atoms with Crippen LogP contribution in [0.15, 0.2) is 0 Å². The van der Waals surface area contributed by atoms with Crippen molar-refractivity contribution in [3.05, 3.63) is 0 Å². The summed E-state index contributed by atoms with van der Waals surface area (Å²) in [5.41, 5.74) is -0.336. The maximum absolute atomic E-state index is 11.6. The number of carbonyl (C=O) groups is 2. The molecular weight excluding hydrogens is 206 g/mol. The normalized spacial score (nSPS) is 14.5. The van der Waals surface area contributed by atoms with Crippen LogP contribution in [0.5, 0.6) is 0 Å². The molecule has 0 fully saturated rings. The van der Waals surface area contributed by atoms with E-state index >= 15 is 0 Å². The quantitative estimate of drug-likeness (QED) is 0.736. The van der Waals surface area contributed by atoms with Crippen molar-refractivity contribution in [2.75, 3.05) is 0 Å². The van der Waals surface area contributed by atoms with Gasteiger partial charge in [-0.1, -0.05) is 0 Å². The molecule has 0 bridgehead atoms. The maximum Gasteiger partial charge on any atom is 0.242 e. The van der Waals surface area contributed by atoms with Gasteiger partial charge in [-0.15, -0.1) is 0 Å². The van der Waals surface area contributed by atoms with Crippen LogP contribution in [0.2, 0.25) is 0 Å². The van der Waals surface area contributed by atoms with Crippen LogP contribution in [0.25, 0.3) is 0 Å². The number of nitrogens with zero attached hydrogens (tertiary/aromatic N) is 1. The molecule has 2 amide bonds. The van der Waals surface area contributed by atoms with Crippen LogP contribution >= 0.6 is 0 Å². The molecule has 2 unspecified atom stereocenters. The second-order valence-corrected chi connectivity index (χ2v) is 4.82. The van der Waals surface area contributed by atoms with Crippen LogP contribution in [0.3, 0.4) is 0 Å². The third-order valence-corrected chi connectivity index (χ3v) is 1.84. The molecule has 0 saturated heterocycles. The number of hydrogen-bond acceptors (Lipinski definition) is 3. The molecule has 5 nitrogen and oxygen atoms in total. The van der Waals surface area contributed by atoms with Gasteiger partial charge in [0.05, 0.1) is 6.07 Å². The SMILES string of the molecule is CC(C#N)C(=O)NC(C)C(=O)NC(C)(C)C. The Bertz CT molecular complexity index is 312. The van der Waals surface area contributed by atoms with Gasteiger partial charge in [-0.2, -0.15) is 5.26 Å². The molecule has 0 aromatic heterocycles. The predicted octanol–water partition coefficient (Wildman–Crippen LogP) is 0.565. The maximum atomic E-state index is 11.6. The molecule has 0 aliphatic rings. The van der Waals surface area contributed by atoms with Crippen molar-refractivity contribution < 1.29 is 9.59 Å². The first kappa shape index (κ1) is 14.4. The number of nitriles is 1. The van der Waals surface area contributed by atoms with E-state index in [4.69, 9.17) is 5.26 Å². The van der Waals surface area contributed by atoms with Crippen LogP contribution < -0.4 is 10.6 Å². The summed E-state index contributed by atoms with van der Waals surface area (Å²) in [5, 5.41) is 13.8. The summed E-state index contributed by atoms with van der Waals surface area (Å²) < 4.78 is 0. The molecule has 0 heterocycles. The monoisotopic (exact) mass is 225 g/mol. The molecule has 0 saturated carbocycles. The Morgan fingerprint density at radius 2 is 1.69 bits per heavy atom. The van der Waals surface area contributed by atoms with Gasteiger partial charge < -0.3 is 10.6 Å². The van der Waals surface area contributed by atoms with Gasteiger partial charge in [0, 0.05) is 5.54 Å². The van der Waals surface area contributed by atoms with E-state index in [1.807, 2.05) is 26.8 Å². The Morgan fingerprint density at radius 3 is 2.06 bits per heavy atom. The minimum absolute atomic E-state index is 0.258. The summed E-state index contributed by atoms with van der Waals surface area (Å²) in [6.45, 7) is 8.65. The van der Waals surface area contributed by atoms with Gasteiger partial charge in [-0.25, -0.2) is 0 Å². The average molecular weight is 225 g/mol. The highest BCUT2D eigenvalue weighted by atomic mass is 16.2. The minimum atomic E-state index is -0.745. The van der Waals surface area contributed by atoms with Gasteiger partial charge >= 0.3 is 0 Å². The third kappa shape index (κ3) is 5.35. The molecule has 90 valence electrons. The van der Waals surface area contributed by atoms with Crippen LogP contribution in [-0.2, 0) is 9.59 Å². The number of rotatable bonds is 3. The van der Waals surface area contributed by atoms with E-state index in [0.717, 1.165) is 0 Å². The van der Waals surface area contributed by atoms with Crippen molar-refractivity contribution in [1.82, 2.24) is 10.6 Å². The van der Waals surface area contributed by atoms with Gasteiger partial charge in [0.1, 0.15) is 12.0 Å². The Kier molecular flexibility index (Phi) is 4.96. The van der Waals surface area contributed by atoms with E-state index in [1.54, 1.807) is 6.92 Å². The third-order valence-electron chi connectivity index (χ3n) is 1.84. The molecule has 0 aromatic carbocycles. The molecule has 5 heteroatoms. The van der Waals surface area contributed by atoms with Crippen molar-refractivity contribution in [2.24, 2.45) is 5.92 Å². The highest BCUT2D eigenvalue weighted by Crippen LogP contribution is 2.00. The van der Waals surface area contributed by atoms with Gasteiger partial charge in [-0.3, -0.25) is 9.59 Å². The van der Waals surface area contributed by atoms with Crippen molar-refractivity contribution in [2.45, 2.75) is 46.2 Å². The summed E-state index contributed by atoms with van der Waals surface area (Å²) in [6.07, 6.45) is 0. The first-order valence-electron chi connectivity index (χ1n) is 5.19. The summed E-state index contributed by atoms with van der Waals surface area (Å²) in [5.74, 6) is -1.44. The van der Waals surface area contributed by atoms with E-state index in [0.29, 0.717) is 0 Å². The second-order valence-electron chi connectivity index (χ2n) is 4.82. The molecule has 16 heavy (non-hydrogen) atoms. The zero-order valence-electron chi connectivity index (χ0n) is 10.4. The van der Waals surface area contributed by atoms with Gasteiger partial charge in [-0.05, 0) is 34.6 Å². The van der Waals surface area contributed by atoms with Crippen LogP contribution in [-0.4, -0.2) is 23.4 Å². The smallest absolute Gasteiger partial charge is 0.242 e. The molecule has 0 aliphatic heterocycles. The minimum Gasteiger partial charge on any atom is -0.350 e. The molecule has 2 N–H and O–H groups in total. The number of hydrogen-bond donors (Lipinski definition) is 2. The van der Waals surface area contributed by atoms with Gasteiger partial charge in [0.2, 0.25) is 11.8 Å². The highest BCUT2D eigenvalue weighted by molar-refractivity contribution is 5.89. The van der Waals surface area contributed by atoms with Gasteiger partial charge in [0.15, 0.2) is 0 Å². The fraction of sp³-hybridized carbons (Fsp3) is 0.727. The molecular formula is C11H19N3O2. The Balaban J connectivity index is 4.28. The summed E-state index contributed by atoms with van der Waals surface area (Å²) in [7, 11) is 0. The molecule has 0 aromatic rings. The van der Waals surface area contributed by atoms with E-state index in [9.17, 15) is 9.59 Å².